The fourth-order valence-corrected chi connectivity index (χ4v) is 1.99. The highest BCUT2D eigenvalue weighted by atomic mass is 16.1. The topological polar surface area (TPSA) is 55.1 Å². The molecule has 3 N–H and O–H groups in total. The number of hydrogen-bond acceptors (Lipinski definition) is 2. The Morgan fingerprint density at radius 1 is 1.25 bits per heavy atom. The molecule has 1 aromatic carbocycles. The maximum absolute atomic E-state index is 12.0. The summed E-state index contributed by atoms with van der Waals surface area (Å²) in [5.41, 5.74) is 7.65. The van der Waals surface area contributed by atoms with Crippen molar-refractivity contribution in [1.82, 2.24) is 5.32 Å². The molecule has 0 bridgehead atoms. The van der Waals surface area contributed by atoms with Gasteiger partial charge in [-0.3, -0.25) is 4.79 Å². The van der Waals surface area contributed by atoms with Gasteiger partial charge in [0.2, 0.25) is 0 Å². The van der Waals surface area contributed by atoms with Crippen LogP contribution < -0.4 is 11.1 Å². The third-order valence-corrected chi connectivity index (χ3v) is 3.57. The quantitative estimate of drug-likeness (QED) is 0.784. The maximum atomic E-state index is 12.0. The summed E-state index contributed by atoms with van der Waals surface area (Å²) >= 11 is 0. The van der Waals surface area contributed by atoms with Gasteiger partial charge in [-0.25, -0.2) is 0 Å². The Kier molecular flexibility index (Phi) is 6.21. The fourth-order valence-electron chi connectivity index (χ4n) is 1.99. The van der Waals surface area contributed by atoms with Crippen LogP contribution in [0.15, 0.2) is 24.3 Å². The first-order chi connectivity index (χ1) is 9.34. The molecule has 0 radical (unpaired) electrons. The van der Waals surface area contributed by atoms with E-state index in [4.69, 9.17) is 5.73 Å². The smallest absolute Gasteiger partial charge is 0.251 e. The Hall–Kier alpha value is -1.35. The molecule has 0 aliphatic heterocycles. The summed E-state index contributed by atoms with van der Waals surface area (Å²) in [5.74, 6) is 0.531. The number of nitrogens with two attached hydrogens (primary N) is 1. The third-order valence-electron chi connectivity index (χ3n) is 3.57. The fraction of sp³-hybridized carbons (Fsp3) is 0.588. The average Bonchev–Trinajstić information content (AvgIpc) is 2.42. The van der Waals surface area contributed by atoms with Gasteiger partial charge in [0.05, 0.1) is 0 Å². The van der Waals surface area contributed by atoms with Gasteiger partial charge >= 0.3 is 0 Å². The third kappa shape index (κ3) is 5.33. The lowest BCUT2D eigenvalue weighted by atomic mass is 9.87. The second-order valence-electron chi connectivity index (χ2n) is 6.57. The van der Waals surface area contributed by atoms with Crippen LogP contribution in [0.1, 0.15) is 56.5 Å². The standard InChI is InChI=1S/C17H28N2O/c1-13(12-18)6-5-11-19-16(20)14-7-9-15(10-8-14)17(2,3)4/h7-10,13H,5-6,11-12,18H2,1-4H3,(H,19,20). The van der Waals surface area contributed by atoms with Crippen LogP contribution in [0.5, 0.6) is 0 Å². The van der Waals surface area contributed by atoms with E-state index >= 15 is 0 Å². The van der Waals surface area contributed by atoms with Crippen molar-refractivity contribution in [3.8, 4) is 0 Å². The van der Waals surface area contributed by atoms with Crippen LogP contribution in [0.25, 0.3) is 0 Å². The van der Waals surface area contributed by atoms with Crippen molar-refractivity contribution in [2.45, 2.75) is 46.0 Å². The number of hydrogen-bond donors (Lipinski definition) is 2. The summed E-state index contributed by atoms with van der Waals surface area (Å²) in [6.45, 7) is 10.1. The molecular formula is C17H28N2O. The van der Waals surface area contributed by atoms with Crippen LogP contribution in [-0.2, 0) is 5.41 Å². The van der Waals surface area contributed by atoms with Gasteiger partial charge in [-0.2, -0.15) is 0 Å². The molecule has 1 rings (SSSR count). The summed E-state index contributed by atoms with van der Waals surface area (Å²) in [6, 6.07) is 7.87. The predicted molar refractivity (Wildman–Crippen MR) is 84.9 cm³/mol. The van der Waals surface area contributed by atoms with Crippen LogP contribution in [0, 0.1) is 5.92 Å². The first-order valence-corrected chi connectivity index (χ1v) is 7.43. The Balaban J connectivity index is 2.44. The molecule has 0 saturated heterocycles. The summed E-state index contributed by atoms with van der Waals surface area (Å²) in [7, 11) is 0. The van der Waals surface area contributed by atoms with Crippen molar-refractivity contribution in [3.05, 3.63) is 35.4 Å². The monoisotopic (exact) mass is 276 g/mol. The highest BCUT2D eigenvalue weighted by Gasteiger charge is 2.14. The molecule has 112 valence electrons. The first kappa shape index (κ1) is 16.7. The molecule has 1 aromatic rings. The minimum atomic E-state index is 0.00543. The van der Waals surface area contributed by atoms with E-state index in [0.29, 0.717) is 19.0 Å². The lowest BCUT2D eigenvalue weighted by Gasteiger charge is -2.19. The molecule has 3 nitrogen and oxygen atoms in total. The zero-order valence-corrected chi connectivity index (χ0v) is 13.2. The highest BCUT2D eigenvalue weighted by molar-refractivity contribution is 5.94. The van der Waals surface area contributed by atoms with Gasteiger partial charge in [-0.1, -0.05) is 39.8 Å². The van der Waals surface area contributed by atoms with Crippen molar-refractivity contribution in [1.29, 1.82) is 0 Å². The van der Waals surface area contributed by atoms with Gasteiger partial charge in [-0.15, -0.1) is 0 Å². The summed E-state index contributed by atoms with van der Waals surface area (Å²) in [5, 5.41) is 2.96. The van der Waals surface area contributed by atoms with Crippen molar-refractivity contribution in [3.63, 3.8) is 0 Å². The molecular weight excluding hydrogens is 248 g/mol. The molecule has 1 amide bonds. The Morgan fingerprint density at radius 3 is 2.35 bits per heavy atom. The highest BCUT2D eigenvalue weighted by Crippen LogP contribution is 2.22. The number of rotatable bonds is 6. The van der Waals surface area contributed by atoms with Crippen molar-refractivity contribution >= 4 is 5.91 Å². The molecule has 0 aliphatic carbocycles. The SMILES string of the molecule is CC(CN)CCCNC(=O)c1ccc(C(C)(C)C)cc1. The van der Waals surface area contributed by atoms with E-state index in [9.17, 15) is 4.79 Å². The first-order valence-electron chi connectivity index (χ1n) is 7.43. The molecule has 0 spiro atoms. The molecule has 0 aliphatic rings. The number of amides is 1. The molecule has 0 aromatic heterocycles. The lowest BCUT2D eigenvalue weighted by molar-refractivity contribution is 0.0952. The lowest BCUT2D eigenvalue weighted by Crippen LogP contribution is -2.25. The zero-order chi connectivity index (χ0) is 15.2. The molecule has 0 heterocycles. The van der Waals surface area contributed by atoms with E-state index < -0.39 is 0 Å². The van der Waals surface area contributed by atoms with Gasteiger partial charge in [0.1, 0.15) is 0 Å². The van der Waals surface area contributed by atoms with Gasteiger partial charge in [-0.05, 0) is 48.4 Å². The van der Waals surface area contributed by atoms with Gasteiger partial charge in [0.25, 0.3) is 5.91 Å². The second-order valence-corrected chi connectivity index (χ2v) is 6.57. The van der Waals surface area contributed by atoms with Gasteiger partial charge in [0, 0.05) is 12.1 Å². The zero-order valence-electron chi connectivity index (χ0n) is 13.2. The Bertz CT molecular complexity index is 418. The molecule has 0 fully saturated rings. The normalized spacial score (nSPS) is 13.1. The average molecular weight is 276 g/mol. The van der Waals surface area contributed by atoms with E-state index in [2.05, 4.69) is 33.0 Å². The van der Waals surface area contributed by atoms with Crippen LogP contribution in [-0.4, -0.2) is 19.0 Å². The van der Waals surface area contributed by atoms with E-state index in [0.717, 1.165) is 18.4 Å². The predicted octanol–water partition coefficient (Wildman–Crippen LogP) is 3.09. The van der Waals surface area contributed by atoms with Gasteiger partial charge in [0.15, 0.2) is 0 Å². The minimum Gasteiger partial charge on any atom is -0.352 e. The molecule has 0 saturated carbocycles. The van der Waals surface area contributed by atoms with E-state index in [1.165, 1.54) is 5.56 Å². The summed E-state index contributed by atoms with van der Waals surface area (Å²) in [4.78, 5) is 12.0. The molecule has 1 atom stereocenters. The molecule has 20 heavy (non-hydrogen) atoms. The van der Waals surface area contributed by atoms with Crippen LogP contribution in [0.2, 0.25) is 0 Å². The number of nitrogens with one attached hydrogen (secondary N) is 1. The number of carbonyl (C=O) groups excluding carboxylic acids is 1. The van der Waals surface area contributed by atoms with Crippen LogP contribution >= 0.6 is 0 Å². The van der Waals surface area contributed by atoms with Crippen LogP contribution in [0.3, 0.4) is 0 Å². The molecule has 3 heteroatoms. The van der Waals surface area contributed by atoms with Crippen molar-refractivity contribution < 1.29 is 4.79 Å². The van der Waals surface area contributed by atoms with Gasteiger partial charge < -0.3 is 11.1 Å². The van der Waals surface area contributed by atoms with E-state index in [-0.39, 0.29) is 11.3 Å². The second kappa shape index (κ2) is 7.44. The molecule has 1 unspecified atom stereocenters. The maximum Gasteiger partial charge on any atom is 0.251 e. The largest absolute Gasteiger partial charge is 0.352 e. The Morgan fingerprint density at radius 2 is 1.85 bits per heavy atom. The van der Waals surface area contributed by atoms with E-state index in [1.807, 2.05) is 24.3 Å². The van der Waals surface area contributed by atoms with Crippen molar-refractivity contribution in [2.24, 2.45) is 11.7 Å². The summed E-state index contributed by atoms with van der Waals surface area (Å²) in [6.07, 6.45) is 2.03. The number of carbonyl (C=O) groups is 1. The Labute approximate surface area is 122 Å². The van der Waals surface area contributed by atoms with E-state index in [1.54, 1.807) is 0 Å². The van der Waals surface area contributed by atoms with Crippen molar-refractivity contribution in [2.75, 3.05) is 13.1 Å². The number of benzene rings is 1. The van der Waals surface area contributed by atoms with Crippen LogP contribution in [0.4, 0.5) is 0 Å². The summed E-state index contributed by atoms with van der Waals surface area (Å²) < 4.78 is 0. The minimum absolute atomic E-state index is 0.00543.